The van der Waals surface area contributed by atoms with Gasteiger partial charge in [0, 0.05) is 33.0 Å². The van der Waals surface area contributed by atoms with E-state index in [0.29, 0.717) is 50.3 Å². The lowest BCUT2D eigenvalue weighted by Gasteiger charge is -2.17. The third-order valence-electron chi connectivity index (χ3n) is 8.44. The molecule has 8 aromatic rings. The molecule has 0 aliphatic rings. The molecule has 6 aromatic carbocycles. The van der Waals surface area contributed by atoms with Crippen molar-refractivity contribution in [2.45, 2.75) is 6.18 Å². The first-order valence-electron chi connectivity index (χ1n) is 15.3. The van der Waals surface area contributed by atoms with Crippen LogP contribution in [0.5, 0.6) is 0 Å². The molecule has 0 spiro atoms. The standard InChI is InChI=1S/C40H23F5N4/c41-32-16-9-15-28(36(32)42)26-18-20-35(49-33-17-8-7-14-29(33)30-23-27(40(43,44)45)19-21-34(30)49)31(22-26)39-47-37(24-10-3-1-4-11-24)46-38(48-39)25-12-5-2-6-13-25/h1-23H. The van der Waals surface area contributed by atoms with Gasteiger partial charge in [0.25, 0.3) is 0 Å². The number of hydrogen-bond acceptors (Lipinski definition) is 3. The fourth-order valence-electron chi connectivity index (χ4n) is 6.14. The molecule has 0 aliphatic heterocycles. The highest BCUT2D eigenvalue weighted by atomic mass is 19.4. The largest absolute Gasteiger partial charge is 0.416 e. The van der Waals surface area contributed by atoms with Crippen LogP contribution in [0.25, 0.3) is 72.8 Å². The average molecular weight is 655 g/mol. The molecule has 4 nitrogen and oxygen atoms in total. The van der Waals surface area contributed by atoms with Gasteiger partial charge in [0.2, 0.25) is 0 Å². The van der Waals surface area contributed by atoms with Crippen LogP contribution in [0.3, 0.4) is 0 Å². The van der Waals surface area contributed by atoms with E-state index in [1.165, 1.54) is 18.2 Å². The van der Waals surface area contributed by atoms with Crippen molar-refractivity contribution < 1.29 is 22.0 Å². The molecular weight excluding hydrogens is 631 g/mol. The SMILES string of the molecule is Fc1cccc(-c2ccc(-n3c4ccccc4c4cc(C(F)(F)F)ccc43)c(-c3nc(-c4ccccc4)nc(-c4ccccc4)n3)c2)c1F. The van der Waals surface area contributed by atoms with Gasteiger partial charge in [0.05, 0.1) is 22.3 Å². The zero-order valence-electron chi connectivity index (χ0n) is 25.5. The summed E-state index contributed by atoms with van der Waals surface area (Å²) < 4.78 is 73.1. The molecule has 0 radical (unpaired) electrons. The molecule has 0 N–H and O–H groups in total. The number of hydrogen-bond donors (Lipinski definition) is 0. The van der Waals surface area contributed by atoms with Crippen LogP contribution in [0.2, 0.25) is 0 Å². The highest BCUT2D eigenvalue weighted by molar-refractivity contribution is 6.10. The number of alkyl halides is 3. The van der Waals surface area contributed by atoms with Gasteiger partial charge in [-0.3, -0.25) is 0 Å². The monoisotopic (exact) mass is 654 g/mol. The van der Waals surface area contributed by atoms with Crippen molar-refractivity contribution in [1.82, 2.24) is 19.5 Å². The molecule has 0 fully saturated rings. The van der Waals surface area contributed by atoms with Gasteiger partial charge in [0.15, 0.2) is 29.1 Å². The Morgan fingerprint density at radius 1 is 0.469 bits per heavy atom. The van der Waals surface area contributed by atoms with Crippen molar-refractivity contribution in [2.24, 2.45) is 0 Å². The molecule has 0 saturated carbocycles. The van der Waals surface area contributed by atoms with Crippen LogP contribution in [-0.2, 0) is 6.18 Å². The Kier molecular flexibility index (Phi) is 7.25. The Balaban J connectivity index is 1.46. The van der Waals surface area contributed by atoms with Crippen LogP contribution in [-0.4, -0.2) is 19.5 Å². The summed E-state index contributed by atoms with van der Waals surface area (Å²) in [5, 5.41) is 1.02. The molecule has 0 bridgehead atoms. The van der Waals surface area contributed by atoms with E-state index in [4.69, 9.17) is 15.0 Å². The number of halogens is 5. The average Bonchev–Trinajstić information content (AvgIpc) is 3.46. The van der Waals surface area contributed by atoms with Crippen molar-refractivity contribution in [2.75, 3.05) is 0 Å². The van der Waals surface area contributed by atoms with Crippen LogP contribution < -0.4 is 0 Å². The maximum absolute atomic E-state index is 15.2. The maximum atomic E-state index is 15.2. The lowest BCUT2D eigenvalue weighted by molar-refractivity contribution is -0.137. The smallest absolute Gasteiger partial charge is 0.309 e. The second kappa shape index (κ2) is 11.8. The van der Waals surface area contributed by atoms with E-state index in [1.54, 1.807) is 30.3 Å². The van der Waals surface area contributed by atoms with Gasteiger partial charge in [-0.25, -0.2) is 23.7 Å². The molecule has 0 unspecified atom stereocenters. The van der Waals surface area contributed by atoms with Gasteiger partial charge in [0.1, 0.15) is 0 Å². The van der Waals surface area contributed by atoms with Crippen molar-refractivity contribution in [3.05, 3.63) is 157 Å². The molecule has 0 aliphatic carbocycles. The second-order valence-electron chi connectivity index (χ2n) is 11.5. The molecule has 2 heterocycles. The van der Waals surface area contributed by atoms with Crippen LogP contribution >= 0.6 is 0 Å². The zero-order valence-corrected chi connectivity index (χ0v) is 25.5. The van der Waals surface area contributed by atoms with Crippen molar-refractivity contribution in [1.29, 1.82) is 0 Å². The molecule has 0 saturated heterocycles. The van der Waals surface area contributed by atoms with Gasteiger partial charge in [-0.2, -0.15) is 13.2 Å². The number of para-hydroxylation sites is 1. The summed E-state index contributed by atoms with van der Waals surface area (Å²) in [5.74, 6) is -1.00. The van der Waals surface area contributed by atoms with E-state index in [9.17, 15) is 17.6 Å². The lowest BCUT2D eigenvalue weighted by Crippen LogP contribution is -2.05. The summed E-state index contributed by atoms with van der Waals surface area (Å²) in [7, 11) is 0. The van der Waals surface area contributed by atoms with Crippen molar-refractivity contribution in [3.63, 3.8) is 0 Å². The maximum Gasteiger partial charge on any atom is 0.416 e. The minimum Gasteiger partial charge on any atom is -0.309 e. The van der Waals surface area contributed by atoms with Gasteiger partial charge >= 0.3 is 6.18 Å². The molecular formula is C40H23F5N4. The zero-order chi connectivity index (χ0) is 33.7. The quantitative estimate of drug-likeness (QED) is 0.174. The van der Waals surface area contributed by atoms with Gasteiger partial charge in [-0.15, -0.1) is 0 Å². The third kappa shape index (κ3) is 5.39. The summed E-state index contributed by atoms with van der Waals surface area (Å²) in [5.41, 5.74) is 3.20. The Labute approximate surface area is 276 Å². The molecule has 49 heavy (non-hydrogen) atoms. The third-order valence-corrected chi connectivity index (χ3v) is 8.44. The highest BCUT2D eigenvalue weighted by Crippen LogP contribution is 2.40. The summed E-state index contributed by atoms with van der Waals surface area (Å²) in [6.07, 6.45) is -4.54. The van der Waals surface area contributed by atoms with E-state index in [-0.39, 0.29) is 11.4 Å². The number of benzene rings is 6. The fourth-order valence-corrected chi connectivity index (χ4v) is 6.14. The Morgan fingerprint density at radius 2 is 1.08 bits per heavy atom. The molecule has 238 valence electrons. The number of rotatable bonds is 5. The molecule has 0 atom stereocenters. The Morgan fingerprint density at radius 3 is 1.76 bits per heavy atom. The van der Waals surface area contributed by atoms with E-state index in [2.05, 4.69) is 0 Å². The predicted molar refractivity (Wildman–Crippen MR) is 181 cm³/mol. The summed E-state index contributed by atoms with van der Waals surface area (Å²) in [4.78, 5) is 14.6. The van der Waals surface area contributed by atoms with Crippen molar-refractivity contribution >= 4 is 21.8 Å². The first kappa shape index (κ1) is 30.1. The second-order valence-corrected chi connectivity index (χ2v) is 11.5. The van der Waals surface area contributed by atoms with Crippen LogP contribution in [0.1, 0.15) is 5.56 Å². The molecule has 9 heteroatoms. The van der Waals surface area contributed by atoms with Gasteiger partial charge < -0.3 is 4.57 Å². The highest BCUT2D eigenvalue weighted by Gasteiger charge is 2.31. The van der Waals surface area contributed by atoms with E-state index in [0.717, 1.165) is 29.3 Å². The Hall–Kier alpha value is -6.22. The first-order valence-corrected chi connectivity index (χ1v) is 15.3. The minimum absolute atomic E-state index is 0.0328. The normalized spacial score (nSPS) is 11.8. The van der Waals surface area contributed by atoms with E-state index in [1.807, 2.05) is 77.4 Å². The molecule has 8 rings (SSSR count). The van der Waals surface area contributed by atoms with Gasteiger partial charge in [-0.1, -0.05) is 97.1 Å². The van der Waals surface area contributed by atoms with E-state index >= 15 is 4.39 Å². The molecule has 2 aromatic heterocycles. The number of fused-ring (bicyclic) bond motifs is 3. The predicted octanol–water partition coefficient (Wildman–Crippen LogP) is 10.9. The first-order chi connectivity index (χ1) is 23.8. The van der Waals surface area contributed by atoms with Crippen LogP contribution in [0, 0.1) is 11.6 Å². The van der Waals surface area contributed by atoms with Crippen LogP contribution in [0.4, 0.5) is 22.0 Å². The topological polar surface area (TPSA) is 43.6 Å². The number of nitrogens with zero attached hydrogens (tertiary/aromatic N) is 4. The van der Waals surface area contributed by atoms with Gasteiger partial charge in [-0.05, 0) is 48.0 Å². The van der Waals surface area contributed by atoms with Crippen LogP contribution in [0.15, 0.2) is 140 Å². The Bertz CT molecular complexity index is 2450. The van der Waals surface area contributed by atoms with E-state index < -0.39 is 23.4 Å². The number of aromatic nitrogens is 4. The summed E-state index contributed by atoms with van der Waals surface area (Å²) >= 11 is 0. The summed E-state index contributed by atoms with van der Waals surface area (Å²) in [6.45, 7) is 0. The lowest BCUT2D eigenvalue weighted by atomic mass is 10.00. The fraction of sp³-hybridized carbons (Fsp3) is 0.0250. The minimum atomic E-state index is -4.54. The molecule has 0 amide bonds. The van der Waals surface area contributed by atoms with Crippen molar-refractivity contribution in [3.8, 4) is 51.0 Å². The summed E-state index contributed by atoms with van der Waals surface area (Å²) in [6, 6.07) is 38.6.